The molecule has 1 N–H and O–H groups in total. The summed E-state index contributed by atoms with van der Waals surface area (Å²) >= 11 is 0. The van der Waals surface area contributed by atoms with E-state index in [1.54, 1.807) is 55.0 Å². The smallest absolute Gasteiger partial charge is 0.256 e. The summed E-state index contributed by atoms with van der Waals surface area (Å²) in [6.45, 7) is 9.34. The van der Waals surface area contributed by atoms with Gasteiger partial charge in [-0.2, -0.15) is 10.4 Å². The highest BCUT2D eigenvalue weighted by Gasteiger charge is 2.22. The molecule has 0 aliphatic carbocycles. The van der Waals surface area contributed by atoms with Crippen molar-refractivity contribution in [1.29, 1.82) is 5.26 Å². The molecule has 0 radical (unpaired) electrons. The van der Waals surface area contributed by atoms with Crippen LogP contribution in [0.3, 0.4) is 0 Å². The second-order valence-corrected chi connectivity index (χ2v) is 8.62. The molecule has 0 aromatic carbocycles. The van der Waals surface area contributed by atoms with Crippen LogP contribution >= 0.6 is 0 Å². The summed E-state index contributed by atoms with van der Waals surface area (Å²) in [4.78, 5) is 9.13. The molecule has 0 amide bonds. The number of ether oxygens (including phenoxy) is 2. The van der Waals surface area contributed by atoms with Gasteiger partial charge < -0.3 is 14.6 Å². The van der Waals surface area contributed by atoms with Crippen LogP contribution in [-0.4, -0.2) is 42.6 Å². The molecule has 0 aliphatic heterocycles. The first-order chi connectivity index (χ1) is 15.6. The lowest BCUT2D eigenvalue weighted by atomic mass is 10.1. The summed E-state index contributed by atoms with van der Waals surface area (Å²) in [5.74, 6) is 1.01. The Bertz CT molecular complexity index is 1380. The van der Waals surface area contributed by atoms with Gasteiger partial charge in [0.1, 0.15) is 5.54 Å². The van der Waals surface area contributed by atoms with Crippen LogP contribution in [0.2, 0.25) is 0 Å². The van der Waals surface area contributed by atoms with Gasteiger partial charge >= 0.3 is 0 Å². The molecule has 9 heteroatoms. The molecular weight excluding hydrogens is 420 g/mol. The number of aromatic hydroxyl groups is 1. The normalized spacial score (nSPS) is 11.7. The second-order valence-electron chi connectivity index (χ2n) is 8.62. The number of hydrogen-bond donors (Lipinski definition) is 1. The van der Waals surface area contributed by atoms with Crippen molar-refractivity contribution < 1.29 is 14.6 Å². The van der Waals surface area contributed by atoms with Gasteiger partial charge in [0.2, 0.25) is 5.88 Å². The van der Waals surface area contributed by atoms with Crippen LogP contribution in [0, 0.1) is 18.3 Å². The third-order valence-electron chi connectivity index (χ3n) is 5.31. The monoisotopic (exact) mass is 446 g/mol. The van der Waals surface area contributed by atoms with Gasteiger partial charge in [-0.3, -0.25) is 9.25 Å². The Kier molecular flexibility index (Phi) is 5.46. The molecule has 4 aromatic heterocycles. The molecule has 0 fully saturated rings. The van der Waals surface area contributed by atoms with Crippen LogP contribution in [0.25, 0.3) is 27.8 Å². The molecule has 0 unspecified atom stereocenters. The summed E-state index contributed by atoms with van der Waals surface area (Å²) in [5, 5.41) is 25.2. The Balaban J connectivity index is 1.80. The minimum atomic E-state index is -0.807. The van der Waals surface area contributed by atoms with E-state index in [2.05, 4.69) is 16.2 Å². The Hall–Kier alpha value is -4.06. The number of rotatable bonds is 6. The van der Waals surface area contributed by atoms with Gasteiger partial charge in [-0.15, -0.1) is 0 Å². The van der Waals surface area contributed by atoms with Crippen molar-refractivity contribution in [2.45, 2.75) is 46.3 Å². The second kappa shape index (κ2) is 8.13. The maximum Gasteiger partial charge on any atom is 0.256 e. The Morgan fingerprint density at radius 3 is 2.61 bits per heavy atom. The third-order valence-corrected chi connectivity index (χ3v) is 5.31. The molecule has 9 nitrogen and oxygen atoms in total. The van der Waals surface area contributed by atoms with Crippen molar-refractivity contribution in [2.75, 3.05) is 7.11 Å². The van der Waals surface area contributed by atoms with E-state index < -0.39 is 5.54 Å². The van der Waals surface area contributed by atoms with Gasteiger partial charge in [-0.05, 0) is 52.3 Å². The fraction of sp³-hybridized carbons (Fsp3) is 0.333. The molecule has 0 spiro atoms. The molecule has 170 valence electrons. The van der Waals surface area contributed by atoms with Crippen molar-refractivity contribution in [3.63, 3.8) is 0 Å². The number of fused-ring (bicyclic) bond motifs is 1. The largest absolute Gasteiger partial charge is 0.494 e. The molecule has 0 bridgehead atoms. The maximum atomic E-state index is 10.9. The molecule has 4 rings (SSSR count). The predicted octanol–water partition coefficient (Wildman–Crippen LogP) is 4.35. The van der Waals surface area contributed by atoms with E-state index in [9.17, 15) is 10.4 Å². The molecule has 4 heterocycles. The lowest BCUT2D eigenvalue weighted by Crippen LogP contribution is -2.24. The highest BCUT2D eigenvalue weighted by molar-refractivity contribution is 5.90. The highest BCUT2D eigenvalue weighted by atomic mass is 16.5. The van der Waals surface area contributed by atoms with Gasteiger partial charge in [-0.1, -0.05) is 0 Å². The van der Waals surface area contributed by atoms with Crippen molar-refractivity contribution >= 4 is 10.9 Å². The first-order valence-electron chi connectivity index (χ1n) is 10.5. The van der Waals surface area contributed by atoms with Gasteiger partial charge in [-0.25, -0.2) is 9.97 Å². The molecule has 0 aliphatic rings. The molecule has 0 atom stereocenters. The average Bonchev–Trinajstić information content (AvgIpc) is 3.39. The third kappa shape index (κ3) is 3.96. The number of pyridine rings is 2. The lowest BCUT2D eigenvalue weighted by molar-refractivity contribution is 0.227. The zero-order valence-corrected chi connectivity index (χ0v) is 19.5. The summed E-state index contributed by atoms with van der Waals surface area (Å²) in [6.07, 6.45) is 6.73. The summed E-state index contributed by atoms with van der Waals surface area (Å²) < 4.78 is 14.3. The van der Waals surface area contributed by atoms with Crippen LogP contribution in [0.4, 0.5) is 0 Å². The van der Waals surface area contributed by atoms with Crippen molar-refractivity contribution in [3.05, 3.63) is 42.5 Å². The zero-order chi connectivity index (χ0) is 23.9. The molecule has 0 saturated heterocycles. The summed E-state index contributed by atoms with van der Waals surface area (Å²) in [7, 11) is 1.55. The number of aryl methyl sites for hydroxylation is 1. The van der Waals surface area contributed by atoms with Crippen molar-refractivity contribution in [1.82, 2.24) is 24.3 Å². The van der Waals surface area contributed by atoms with E-state index in [1.807, 2.05) is 32.9 Å². The standard InChI is InChI=1S/C24H26N6O3/c1-14(2)33-20-8-16(9-26-22(20)32-6)18-7-15(3)21-19(28-18)12-29(23(21)31)17-10-27-30(11-17)24(4,5)13-25/h7-12,14,31H,1-6H3. The minimum Gasteiger partial charge on any atom is -0.494 e. The highest BCUT2D eigenvalue weighted by Crippen LogP contribution is 2.36. The molecule has 0 saturated carbocycles. The first-order valence-corrected chi connectivity index (χ1v) is 10.5. The molecule has 33 heavy (non-hydrogen) atoms. The van der Waals surface area contributed by atoms with Gasteiger partial charge in [0, 0.05) is 18.0 Å². The van der Waals surface area contributed by atoms with Crippen LogP contribution in [0.1, 0.15) is 33.3 Å². The number of hydrogen-bond acceptors (Lipinski definition) is 7. The fourth-order valence-electron chi connectivity index (χ4n) is 3.59. The number of nitrogens with zero attached hydrogens (tertiary/aromatic N) is 6. The van der Waals surface area contributed by atoms with Crippen molar-refractivity contribution in [2.24, 2.45) is 0 Å². The van der Waals surface area contributed by atoms with Crippen molar-refractivity contribution in [3.8, 4) is 40.5 Å². The molecule has 4 aromatic rings. The predicted molar refractivity (Wildman–Crippen MR) is 124 cm³/mol. The van der Waals surface area contributed by atoms with Gasteiger partial charge in [0.25, 0.3) is 5.88 Å². The summed E-state index contributed by atoms with van der Waals surface area (Å²) in [5.41, 5.74) is 2.77. The lowest BCUT2D eigenvalue weighted by Gasteiger charge is -2.15. The quantitative estimate of drug-likeness (QED) is 0.469. The van der Waals surface area contributed by atoms with E-state index in [0.717, 1.165) is 11.1 Å². The Morgan fingerprint density at radius 2 is 1.94 bits per heavy atom. The van der Waals surface area contributed by atoms with E-state index in [-0.39, 0.29) is 12.0 Å². The van der Waals surface area contributed by atoms with E-state index in [4.69, 9.17) is 14.5 Å². The minimum absolute atomic E-state index is 0.0361. The Labute approximate surface area is 191 Å². The SMILES string of the molecule is COc1ncc(-c2cc(C)c3c(O)n(-c4cnn(C(C)(C)C#N)c4)cc3n2)cc1OC(C)C. The van der Waals surface area contributed by atoms with Crippen LogP contribution < -0.4 is 9.47 Å². The van der Waals surface area contributed by atoms with Gasteiger partial charge in [0.05, 0.1) is 54.0 Å². The zero-order valence-electron chi connectivity index (χ0n) is 19.5. The molecular formula is C24H26N6O3. The first kappa shape index (κ1) is 22.1. The average molecular weight is 447 g/mol. The maximum absolute atomic E-state index is 10.9. The van der Waals surface area contributed by atoms with E-state index in [1.165, 1.54) is 0 Å². The topological polar surface area (TPSA) is 111 Å². The van der Waals surface area contributed by atoms with Crippen LogP contribution in [0.5, 0.6) is 17.5 Å². The van der Waals surface area contributed by atoms with Crippen LogP contribution in [-0.2, 0) is 5.54 Å². The number of aromatic nitrogens is 5. The number of methoxy groups -OCH3 is 1. The van der Waals surface area contributed by atoms with E-state index in [0.29, 0.717) is 33.9 Å². The summed E-state index contributed by atoms with van der Waals surface area (Å²) in [6, 6.07) is 5.97. The van der Waals surface area contributed by atoms with Crippen LogP contribution in [0.15, 0.2) is 36.9 Å². The van der Waals surface area contributed by atoms with Gasteiger partial charge in [0.15, 0.2) is 5.75 Å². The van der Waals surface area contributed by atoms with E-state index >= 15 is 0 Å². The number of nitriles is 1. The fourth-order valence-corrected chi connectivity index (χ4v) is 3.59. The Morgan fingerprint density at radius 1 is 1.18 bits per heavy atom.